The third-order valence-electron chi connectivity index (χ3n) is 9.74. The predicted octanol–water partition coefficient (Wildman–Crippen LogP) is 5.91. The van der Waals surface area contributed by atoms with Crippen molar-refractivity contribution in [2.75, 3.05) is 39.5 Å². The molecule has 0 amide bonds. The maximum absolute atomic E-state index is 7.08. The largest absolute Gasteiger partial charge is 0.492 e. The van der Waals surface area contributed by atoms with Crippen LogP contribution in [0.3, 0.4) is 0 Å². The van der Waals surface area contributed by atoms with E-state index in [9.17, 15) is 0 Å². The molecule has 5 fully saturated rings. The van der Waals surface area contributed by atoms with Crippen LogP contribution in [0.2, 0.25) is 0 Å². The molecule has 2 spiro atoms. The van der Waals surface area contributed by atoms with E-state index in [0.29, 0.717) is 24.4 Å². The second-order valence-electron chi connectivity index (χ2n) is 12.3. The van der Waals surface area contributed by atoms with Crippen molar-refractivity contribution in [1.29, 1.82) is 0 Å². The van der Waals surface area contributed by atoms with Gasteiger partial charge >= 0.3 is 0 Å². The van der Waals surface area contributed by atoms with Crippen LogP contribution in [0.5, 0.6) is 5.75 Å². The van der Waals surface area contributed by atoms with Crippen LogP contribution in [0.4, 0.5) is 0 Å². The van der Waals surface area contributed by atoms with Gasteiger partial charge in [-0.25, -0.2) is 0 Å². The summed E-state index contributed by atoms with van der Waals surface area (Å²) in [5, 5.41) is 0. The minimum atomic E-state index is -0.614. The number of hydrogen-bond donors (Lipinski definition) is 0. The zero-order valence-electron chi connectivity index (χ0n) is 22.3. The first-order valence-corrected chi connectivity index (χ1v) is 14.7. The highest BCUT2D eigenvalue weighted by Gasteiger charge is 2.63. The molecule has 6 heteroatoms. The van der Waals surface area contributed by atoms with Crippen molar-refractivity contribution in [1.82, 2.24) is 4.90 Å². The van der Waals surface area contributed by atoms with Crippen LogP contribution in [0.1, 0.15) is 83.1 Å². The zero-order chi connectivity index (χ0) is 24.6. The van der Waals surface area contributed by atoms with Crippen molar-refractivity contribution < 1.29 is 24.0 Å². The van der Waals surface area contributed by atoms with E-state index >= 15 is 0 Å². The molecule has 200 valence electrons. The van der Waals surface area contributed by atoms with Gasteiger partial charge < -0.3 is 14.2 Å². The summed E-state index contributed by atoms with van der Waals surface area (Å²) < 4.78 is 18.7. The van der Waals surface area contributed by atoms with Crippen molar-refractivity contribution in [3.63, 3.8) is 0 Å². The summed E-state index contributed by atoms with van der Waals surface area (Å²) in [5.74, 6) is 2.64. The molecule has 7 atom stereocenters. The topological polar surface area (TPSA) is 49.4 Å². The molecular weight excluding hydrogens is 454 g/mol. The van der Waals surface area contributed by atoms with Gasteiger partial charge in [-0.05, 0) is 80.4 Å². The van der Waals surface area contributed by atoms with Crippen LogP contribution >= 0.6 is 0 Å². The first kappa shape index (κ1) is 25.1. The second-order valence-corrected chi connectivity index (χ2v) is 12.3. The summed E-state index contributed by atoms with van der Waals surface area (Å²) in [6, 6.07) is 8.69. The van der Waals surface area contributed by atoms with E-state index in [4.69, 9.17) is 24.0 Å². The lowest BCUT2D eigenvalue weighted by atomic mass is 9.61. The fraction of sp³-hybridized carbons (Fsp3) is 0.800. The van der Waals surface area contributed by atoms with E-state index in [-0.39, 0.29) is 0 Å². The van der Waals surface area contributed by atoms with E-state index in [2.05, 4.69) is 43.0 Å². The van der Waals surface area contributed by atoms with Crippen LogP contribution < -0.4 is 4.74 Å². The van der Waals surface area contributed by atoms with E-state index in [0.717, 1.165) is 82.5 Å². The summed E-state index contributed by atoms with van der Waals surface area (Å²) >= 11 is 0. The molecular formula is C30H45NO5. The van der Waals surface area contributed by atoms with Crippen molar-refractivity contribution in [3.8, 4) is 5.75 Å². The second kappa shape index (κ2) is 10.5. The third-order valence-corrected chi connectivity index (χ3v) is 9.74. The monoisotopic (exact) mass is 499 g/mol. The molecule has 6 nitrogen and oxygen atoms in total. The minimum Gasteiger partial charge on any atom is -0.492 e. The smallest absolute Gasteiger partial charge is 0.210 e. The molecule has 5 aliphatic rings. The molecule has 2 aliphatic heterocycles. The number of ether oxygens (including phenoxy) is 3. The van der Waals surface area contributed by atoms with Crippen molar-refractivity contribution in [2.24, 2.45) is 23.7 Å². The molecule has 2 bridgehead atoms. The van der Waals surface area contributed by atoms with Gasteiger partial charge in [0.05, 0.1) is 13.2 Å². The van der Waals surface area contributed by atoms with Gasteiger partial charge in [0.15, 0.2) is 0 Å². The Kier molecular flexibility index (Phi) is 7.35. The summed E-state index contributed by atoms with van der Waals surface area (Å²) in [4.78, 5) is 15.1. The lowest BCUT2D eigenvalue weighted by molar-refractivity contribution is -0.382. The molecule has 1 aromatic rings. The van der Waals surface area contributed by atoms with Gasteiger partial charge in [-0.3, -0.25) is 4.90 Å². The number of benzene rings is 1. The van der Waals surface area contributed by atoms with Gasteiger partial charge in [-0.2, -0.15) is 9.78 Å². The van der Waals surface area contributed by atoms with Crippen molar-refractivity contribution in [2.45, 2.75) is 89.1 Å². The summed E-state index contributed by atoms with van der Waals surface area (Å²) in [7, 11) is 0. The Morgan fingerprint density at radius 1 is 1.08 bits per heavy atom. The van der Waals surface area contributed by atoms with Gasteiger partial charge in [-0.15, -0.1) is 0 Å². The molecule has 1 aromatic carbocycles. The zero-order valence-corrected chi connectivity index (χ0v) is 22.3. The molecule has 2 saturated heterocycles. The Bertz CT molecular complexity index is 888. The van der Waals surface area contributed by atoms with E-state index < -0.39 is 11.6 Å². The van der Waals surface area contributed by atoms with Crippen LogP contribution in [0.25, 0.3) is 0 Å². The summed E-state index contributed by atoms with van der Waals surface area (Å²) in [6.45, 7) is 9.99. The average Bonchev–Trinajstić information content (AvgIpc) is 3.26. The Labute approximate surface area is 216 Å². The van der Waals surface area contributed by atoms with Crippen molar-refractivity contribution in [3.05, 3.63) is 29.8 Å². The van der Waals surface area contributed by atoms with Gasteiger partial charge in [0.25, 0.3) is 0 Å². The number of rotatable bonds is 6. The quantitative estimate of drug-likeness (QED) is 0.454. The van der Waals surface area contributed by atoms with E-state index in [1.54, 1.807) is 0 Å². The number of hydrogen-bond acceptors (Lipinski definition) is 6. The molecule has 0 aromatic heterocycles. The van der Waals surface area contributed by atoms with E-state index in [1.807, 2.05) is 0 Å². The summed E-state index contributed by atoms with van der Waals surface area (Å²) in [6.07, 6.45) is 10.1. The molecule has 3 aliphatic carbocycles. The van der Waals surface area contributed by atoms with E-state index in [1.165, 1.54) is 31.2 Å². The standard InChI is InChI=1S/C30H45NO5/c1-3-26-18-23-16-22(2)17-27(19-23)30(26)34-29(35-36-30)9-5-7-25(21-29)24-6-4-8-28(20-24)33-15-12-31-10-13-32-14-11-31/h4,6,8,20,22-23,25-27H,3,5,7,9-19,21H2,1-2H3/t22?,23?,25-,26?,27?,29-,30+/m1/s1. The van der Waals surface area contributed by atoms with Gasteiger partial charge in [-0.1, -0.05) is 26.0 Å². The lowest BCUT2D eigenvalue weighted by Crippen LogP contribution is -2.55. The molecule has 0 N–H and O–H groups in total. The highest BCUT2D eigenvalue weighted by atomic mass is 17.3. The minimum absolute atomic E-state index is 0.391. The van der Waals surface area contributed by atoms with Crippen LogP contribution in [0.15, 0.2) is 24.3 Å². The van der Waals surface area contributed by atoms with Crippen LogP contribution in [-0.4, -0.2) is 55.9 Å². The predicted molar refractivity (Wildman–Crippen MR) is 138 cm³/mol. The SMILES string of the molecule is CCC1CC2CC(C)CC(C2)[C@@]12OO[C@@]1(CCC[C@@H](c3cccc(OCCN4CCOCC4)c3)C1)O2. The van der Waals surface area contributed by atoms with Crippen molar-refractivity contribution >= 4 is 0 Å². The highest BCUT2D eigenvalue weighted by Crippen LogP contribution is 2.59. The van der Waals surface area contributed by atoms with Gasteiger partial charge in [0, 0.05) is 44.3 Å². The van der Waals surface area contributed by atoms with Gasteiger partial charge in [0.1, 0.15) is 12.4 Å². The average molecular weight is 500 g/mol. The normalized spacial score (nSPS) is 41.1. The molecule has 36 heavy (non-hydrogen) atoms. The Morgan fingerprint density at radius 2 is 1.97 bits per heavy atom. The Hall–Kier alpha value is -1.18. The Morgan fingerprint density at radius 3 is 2.83 bits per heavy atom. The number of morpholine rings is 1. The highest BCUT2D eigenvalue weighted by molar-refractivity contribution is 5.31. The molecule has 3 saturated carbocycles. The first-order chi connectivity index (χ1) is 17.6. The maximum Gasteiger partial charge on any atom is 0.210 e. The lowest BCUT2D eigenvalue weighted by Gasteiger charge is -2.51. The first-order valence-electron chi connectivity index (χ1n) is 14.7. The molecule has 0 radical (unpaired) electrons. The van der Waals surface area contributed by atoms with Crippen LogP contribution in [0, 0.1) is 23.7 Å². The van der Waals surface area contributed by atoms with Crippen LogP contribution in [-0.2, 0) is 19.2 Å². The third kappa shape index (κ3) is 4.96. The number of fused-ring (bicyclic) bond motifs is 3. The fourth-order valence-electron chi connectivity index (χ4n) is 8.01. The Balaban J connectivity index is 1.12. The maximum atomic E-state index is 7.08. The number of nitrogens with zero attached hydrogens (tertiary/aromatic N) is 1. The molecule has 6 rings (SSSR count). The molecule has 2 heterocycles. The fourth-order valence-corrected chi connectivity index (χ4v) is 8.01. The van der Waals surface area contributed by atoms with Gasteiger partial charge in [0.2, 0.25) is 11.6 Å². The summed E-state index contributed by atoms with van der Waals surface area (Å²) in [5.41, 5.74) is 1.33. The molecule has 4 unspecified atom stereocenters.